The molecule has 1 aliphatic heterocycles. The highest BCUT2D eigenvalue weighted by Gasteiger charge is 2.35. The molecule has 48 heavy (non-hydrogen) atoms. The number of carbonyl (C=O) groups is 1. The molecule has 0 saturated heterocycles. The van der Waals surface area contributed by atoms with Crippen LogP contribution < -0.4 is 0 Å². The van der Waals surface area contributed by atoms with E-state index in [2.05, 4.69) is 4.98 Å². The third-order valence-corrected chi connectivity index (χ3v) is 11.1. The summed E-state index contributed by atoms with van der Waals surface area (Å²) in [5.41, 5.74) is -1.48. The molecule has 4 rings (SSSR count). The highest BCUT2D eigenvalue weighted by atomic mass is 32.2. The van der Waals surface area contributed by atoms with Crippen LogP contribution in [-0.2, 0) is 42.7 Å². The highest BCUT2D eigenvalue weighted by Crippen LogP contribution is 2.29. The van der Waals surface area contributed by atoms with Gasteiger partial charge in [-0.2, -0.15) is 8.61 Å². The molecule has 0 fully saturated rings. The molecule has 3 aromatic rings. The topological polar surface area (TPSA) is 203 Å². The second-order valence-electron chi connectivity index (χ2n) is 11.9. The van der Waals surface area contributed by atoms with Crippen molar-refractivity contribution < 1.29 is 36.2 Å². The van der Waals surface area contributed by atoms with Gasteiger partial charge in [-0.15, -0.1) is 0 Å². The fraction of sp³-hybridized carbons (Fsp3) is 0.400. The first kappa shape index (κ1) is 36.5. The van der Waals surface area contributed by atoms with Crippen LogP contribution in [0.25, 0.3) is 0 Å². The number of nitrogens with zero attached hydrogens (tertiary/aromatic N) is 6. The van der Waals surface area contributed by atoms with Crippen molar-refractivity contribution in [3.8, 4) is 0 Å². The van der Waals surface area contributed by atoms with Crippen LogP contribution in [-0.4, -0.2) is 89.5 Å². The van der Waals surface area contributed by atoms with Crippen LogP contribution in [0.15, 0.2) is 76.5 Å². The van der Waals surface area contributed by atoms with Crippen LogP contribution in [0.5, 0.6) is 0 Å². The Balaban J connectivity index is 1.76. The number of para-hydroxylation sites is 2. The molecule has 0 N–H and O–H groups in total. The number of benzene rings is 2. The molecule has 0 amide bonds. The molecule has 1 aliphatic rings. The first-order chi connectivity index (χ1) is 22.5. The smallest absolute Gasteiger partial charge is 0.307 e. The van der Waals surface area contributed by atoms with Crippen LogP contribution in [0.4, 0.5) is 11.4 Å². The molecular formula is C30H36N6O10S2. The van der Waals surface area contributed by atoms with Gasteiger partial charge in [0.2, 0.25) is 20.0 Å². The fourth-order valence-electron chi connectivity index (χ4n) is 5.05. The average molecular weight is 705 g/mol. The lowest BCUT2D eigenvalue weighted by molar-refractivity contribution is -0.388. The molecule has 2 aromatic carbocycles. The van der Waals surface area contributed by atoms with Crippen LogP contribution in [0, 0.1) is 20.2 Å². The molecule has 0 unspecified atom stereocenters. The van der Waals surface area contributed by atoms with Crippen molar-refractivity contribution in [2.75, 3.05) is 32.7 Å². The molecule has 2 bridgehead atoms. The van der Waals surface area contributed by atoms with E-state index in [9.17, 15) is 41.9 Å². The number of aromatic nitrogens is 1. The Hall–Kier alpha value is -4.36. The zero-order chi connectivity index (χ0) is 35.3. The Morgan fingerprint density at radius 1 is 0.750 bits per heavy atom. The number of fused-ring (bicyclic) bond motifs is 2. The summed E-state index contributed by atoms with van der Waals surface area (Å²) in [6, 6.07) is 14.6. The minimum absolute atomic E-state index is 0.0122. The number of ether oxygens (including phenoxy) is 1. The number of hydrogen-bond donors (Lipinski definition) is 0. The maximum atomic E-state index is 13.9. The Kier molecular flexibility index (Phi) is 11.3. The normalized spacial score (nSPS) is 16.0. The lowest BCUT2D eigenvalue weighted by Crippen LogP contribution is -2.44. The lowest BCUT2D eigenvalue weighted by atomic mass is 10.2. The zero-order valence-electron chi connectivity index (χ0n) is 26.6. The van der Waals surface area contributed by atoms with Crippen LogP contribution >= 0.6 is 0 Å². The molecule has 0 atom stereocenters. The van der Waals surface area contributed by atoms with E-state index in [1.165, 1.54) is 24.3 Å². The van der Waals surface area contributed by atoms with Gasteiger partial charge in [0.1, 0.15) is 5.60 Å². The van der Waals surface area contributed by atoms with Gasteiger partial charge in [-0.05, 0) is 45.0 Å². The van der Waals surface area contributed by atoms with Crippen molar-refractivity contribution in [2.24, 2.45) is 0 Å². The van der Waals surface area contributed by atoms with E-state index in [-0.39, 0.29) is 63.6 Å². The van der Waals surface area contributed by atoms with E-state index < -0.39 is 62.6 Å². The third kappa shape index (κ3) is 8.95. The number of pyridine rings is 1. The van der Waals surface area contributed by atoms with Gasteiger partial charge in [-0.25, -0.2) is 16.8 Å². The number of hydrogen-bond acceptors (Lipinski definition) is 12. The molecule has 18 heteroatoms. The second kappa shape index (κ2) is 14.8. The number of esters is 1. The molecule has 0 spiro atoms. The summed E-state index contributed by atoms with van der Waals surface area (Å²) in [6.07, 6.45) is -0.105. The Morgan fingerprint density at radius 3 is 1.60 bits per heavy atom. The summed E-state index contributed by atoms with van der Waals surface area (Å²) in [4.78, 5) is 39.7. The third-order valence-electron chi connectivity index (χ3n) is 7.28. The summed E-state index contributed by atoms with van der Waals surface area (Å²) in [5.74, 6) is -0.526. The van der Waals surface area contributed by atoms with Crippen LogP contribution in [0.3, 0.4) is 0 Å². The largest absolute Gasteiger partial charge is 0.460 e. The number of nitro groups is 2. The number of sulfonamides is 2. The van der Waals surface area contributed by atoms with Gasteiger partial charge < -0.3 is 9.64 Å². The standard InChI is InChI=1S/C30H36N6O10S2/c1-30(2,3)46-29(37)15-16-32-17-19-33(47(42,43)27-13-6-4-11-25(27)35(38)39)21-23-9-8-10-24(31-23)22-34(20-18-32)48(44,45)28-14-7-5-12-26(28)36(40)41/h4-14H,15-22H2,1-3H3. The van der Waals surface area contributed by atoms with Gasteiger partial charge >= 0.3 is 5.97 Å². The van der Waals surface area contributed by atoms with Crippen molar-refractivity contribution in [1.29, 1.82) is 0 Å². The van der Waals surface area contributed by atoms with Crippen molar-refractivity contribution in [3.63, 3.8) is 0 Å². The van der Waals surface area contributed by atoms with Gasteiger partial charge in [-0.3, -0.25) is 30.0 Å². The minimum atomic E-state index is -4.46. The van der Waals surface area contributed by atoms with Gasteiger partial charge in [0, 0.05) is 44.9 Å². The number of rotatable bonds is 9. The average Bonchev–Trinajstić information content (AvgIpc) is 3.01. The molecule has 16 nitrogen and oxygen atoms in total. The van der Waals surface area contributed by atoms with E-state index in [0.29, 0.717) is 0 Å². The van der Waals surface area contributed by atoms with Crippen LogP contribution in [0.2, 0.25) is 0 Å². The molecular weight excluding hydrogens is 668 g/mol. The first-order valence-electron chi connectivity index (χ1n) is 14.9. The predicted molar refractivity (Wildman–Crippen MR) is 173 cm³/mol. The van der Waals surface area contributed by atoms with E-state index in [1.54, 1.807) is 43.9 Å². The molecule has 0 radical (unpaired) electrons. The Morgan fingerprint density at radius 2 is 1.19 bits per heavy atom. The summed E-state index contributed by atoms with van der Waals surface area (Å²) in [6.45, 7) is 4.14. The van der Waals surface area contributed by atoms with Gasteiger partial charge in [0.05, 0.1) is 40.7 Å². The summed E-state index contributed by atoms with van der Waals surface area (Å²) >= 11 is 0. The Bertz CT molecular complexity index is 1780. The van der Waals surface area contributed by atoms with Gasteiger partial charge in [0.15, 0.2) is 9.79 Å². The van der Waals surface area contributed by atoms with Crippen molar-refractivity contribution >= 4 is 37.4 Å². The van der Waals surface area contributed by atoms with E-state index >= 15 is 0 Å². The minimum Gasteiger partial charge on any atom is -0.460 e. The van der Waals surface area contributed by atoms with E-state index in [0.717, 1.165) is 32.9 Å². The van der Waals surface area contributed by atoms with E-state index in [4.69, 9.17) is 4.74 Å². The monoisotopic (exact) mass is 704 g/mol. The van der Waals surface area contributed by atoms with Crippen molar-refractivity contribution in [2.45, 2.75) is 55.7 Å². The Labute approximate surface area is 278 Å². The van der Waals surface area contributed by atoms with Crippen molar-refractivity contribution in [3.05, 3.63) is 98.3 Å². The summed E-state index contributed by atoms with van der Waals surface area (Å²) < 4.78 is 63.3. The molecule has 258 valence electrons. The first-order valence-corrected chi connectivity index (χ1v) is 17.7. The van der Waals surface area contributed by atoms with Crippen LogP contribution in [0.1, 0.15) is 38.6 Å². The molecule has 0 saturated carbocycles. The lowest BCUT2D eigenvalue weighted by Gasteiger charge is -2.30. The van der Waals surface area contributed by atoms with Gasteiger partial charge in [0.25, 0.3) is 11.4 Å². The number of nitro benzene ring substituents is 2. The highest BCUT2D eigenvalue weighted by molar-refractivity contribution is 7.89. The maximum Gasteiger partial charge on any atom is 0.307 e. The summed E-state index contributed by atoms with van der Waals surface area (Å²) in [7, 11) is -8.91. The fourth-order valence-corrected chi connectivity index (χ4v) is 8.17. The van der Waals surface area contributed by atoms with E-state index in [1.807, 2.05) is 0 Å². The van der Waals surface area contributed by atoms with Crippen molar-refractivity contribution in [1.82, 2.24) is 18.5 Å². The zero-order valence-corrected chi connectivity index (χ0v) is 28.2. The van der Waals surface area contributed by atoms with Gasteiger partial charge in [-0.1, -0.05) is 30.3 Å². The SMILES string of the molecule is CC(C)(C)OC(=O)CCN1CCN(S(=O)(=O)c2ccccc2[N+](=O)[O-])Cc2cccc(n2)CN(S(=O)(=O)c2ccccc2[N+](=O)[O-])CC1. The predicted octanol–water partition coefficient (Wildman–Crippen LogP) is 3.33. The summed E-state index contributed by atoms with van der Waals surface area (Å²) in [5, 5.41) is 23.5. The number of carbonyl (C=O) groups excluding carboxylic acids is 1. The maximum absolute atomic E-state index is 13.9. The second-order valence-corrected chi connectivity index (χ2v) is 15.7. The molecule has 1 aromatic heterocycles. The quantitative estimate of drug-likeness (QED) is 0.179. The molecule has 2 heterocycles. The molecule has 0 aliphatic carbocycles.